The van der Waals surface area contributed by atoms with Gasteiger partial charge in [-0.3, -0.25) is 0 Å². The number of ether oxygens (including phenoxy) is 1. The quantitative estimate of drug-likeness (QED) is 0.618. The molecule has 0 amide bonds. The van der Waals surface area contributed by atoms with Crippen molar-refractivity contribution < 1.29 is 4.74 Å². The molecule has 1 rings (SSSR count). The molecule has 1 aromatic rings. The summed E-state index contributed by atoms with van der Waals surface area (Å²) in [6.07, 6.45) is 0. The van der Waals surface area contributed by atoms with E-state index in [1.165, 1.54) is 5.46 Å². The summed E-state index contributed by atoms with van der Waals surface area (Å²) >= 11 is 0. The average Bonchev–Trinajstić information content (AvgIpc) is 2.06. The number of hydrogen-bond acceptors (Lipinski definition) is 1. The molecule has 0 aliphatic carbocycles. The first-order valence-corrected chi connectivity index (χ1v) is 4.46. The van der Waals surface area contributed by atoms with Gasteiger partial charge in [-0.2, -0.15) is 0 Å². The molecule has 0 heterocycles. The van der Waals surface area contributed by atoms with Crippen LogP contribution in [-0.4, -0.2) is 13.3 Å². The SMILES string of the molecule is CCOc1ccc(B(C)C)cc1. The van der Waals surface area contributed by atoms with Gasteiger partial charge in [0.2, 0.25) is 0 Å². The van der Waals surface area contributed by atoms with E-state index in [1.807, 2.05) is 19.1 Å². The largest absolute Gasteiger partial charge is 0.494 e. The summed E-state index contributed by atoms with van der Waals surface area (Å²) in [6.45, 7) is 7.71. The number of hydrogen-bond donors (Lipinski definition) is 0. The van der Waals surface area contributed by atoms with Crippen LogP contribution in [0.4, 0.5) is 0 Å². The molecule has 1 aromatic carbocycles. The zero-order valence-electron chi connectivity index (χ0n) is 8.00. The molecule has 0 unspecified atom stereocenters. The zero-order chi connectivity index (χ0) is 8.97. The van der Waals surface area contributed by atoms with Crippen LogP contribution in [0, 0.1) is 0 Å². The van der Waals surface area contributed by atoms with Crippen molar-refractivity contribution in [2.75, 3.05) is 6.61 Å². The molecule has 12 heavy (non-hydrogen) atoms. The Labute approximate surface area is 74.8 Å². The molecule has 0 saturated carbocycles. The Morgan fingerprint density at radius 1 is 1.17 bits per heavy atom. The molecule has 0 aliphatic rings. The second-order valence-electron chi connectivity index (χ2n) is 3.16. The Morgan fingerprint density at radius 2 is 1.75 bits per heavy atom. The average molecular weight is 162 g/mol. The predicted molar refractivity (Wildman–Crippen MR) is 54.7 cm³/mol. The van der Waals surface area contributed by atoms with E-state index < -0.39 is 0 Å². The lowest BCUT2D eigenvalue weighted by Crippen LogP contribution is -2.21. The molecule has 0 spiro atoms. The van der Waals surface area contributed by atoms with Crippen molar-refractivity contribution in [2.24, 2.45) is 0 Å². The Hall–Kier alpha value is -0.915. The Kier molecular flexibility index (Phi) is 3.21. The molecule has 1 nitrogen and oxygen atoms in total. The first kappa shape index (κ1) is 9.18. The highest BCUT2D eigenvalue weighted by molar-refractivity contribution is 6.70. The third-order valence-corrected chi connectivity index (χ3v) is 1.86. The fourth-order valence-electron chi connectivity index (χ4n) is 1.12. The molecule has 0 aromatic heterocycles. The van der Waals surface area contributed by atoms with Gasteiger partial charge in [0.05, 0.1) is 6.61 Å². The van der Waals surface area contributed by atoms with E-state index in [9.17, 15) is 0 Å². The molecule has 0 aliphatic heterocycles. The van der Waals surface area contributed by atoms with Gasteiger partial charge < -0.3 is 4.74 Å². The maximum absolute atomic E-state index is 5.34. The first-order valence-electron chi connectivity index (χ1n) is 4.46. The zero-order valence-corrected chi connectivity index (χ0v) is 8.00. The molecular formula is C10H15BO. The number of rotatable bonds is 3. The molecule has 64 valence electrons. The van der Waals surface area contributed by atoms with Crippen LogP contribution in [0.3, 0.4) is 0 Å². The second kappa shape index (κ2) is 4.20. The monoisotopic (exact) mass is 162 g/mol. The van der Waals surface area contributed by atoms with Crippen LogP contribution in [0.1, 0.15) is 6.92 Å². The van der Waals surface area contributed by atoms with E-state index in [2.05, 4.69) is 25.8 Å². The van der Waals surface area contributed by atoms with E-state index in [4.69, 9.17) is 4.74 Å². The van der Waals surface area contributed by atoms with Gasteiger partial charge in [-0.05, 0) is 19.1 Å². The van der Waals surface area contributed by atoms with Crippen molar-refractivity contribution in [1.82, 2.24) is 0 Å². The summed E-state index contributed by atoms with van der Waals surface area (Å²) in [6, 6.07) is 8.29. The molecule has 0 radical (unpaired) electrons. The lowest BCUT2D eigenvalue weighted by atomic mass is 9.49. The van der Waals surface area contributed by atoms with Crippen molar-refractivity contribution in [3.8, 4) is 5.75 Å². The van der Waals surface area contributed by atoms with Crippen LogP contribution in [0.2, 0.25) is 13.6 Å². The van der Waals surface area contributed by atoms with E-state index in [0.717, 1.165) is 12.4 Å². The molecule has 2 heteroatoms. The smallest absolute Gasteiger partial charge is 0.169 e. The highest BCUT2D eigenvalue weighted by Gasteiger charge is 2.01. The van der Waals surface area contributed by atoms with E-state index >= 15 is 0 Å². The summed E-state index contributed by atoms with van der Waals surface area (Å²) < 4.78 is 5.34. The summed E-state index contributed by atoms with van der Waals surface area (Å²) in [4.78, 5) is 0. The lowest BCUT2D eigenvalue weighted by Gasteiger charge is -2.05. The minimum absolute atomic E-state index is 0.598. The van der Waals surface area contributed by atoms with E-state index in [0.29, 0.717) is 6.71 Å². The Morgan fingerprint density at radius 3 is 2.17 bits per heavy atom. The van der Waals surface area contributed by atoms with E-state index in [-0.39, 0.29) is 0 Å². The summed E-state index contributed by atoms with van der Waals surface area (Å²) in [5.41, 5.74) is 1.36. The lowest BCUT2D eigenvalue weighted by molar-refractivity contribution is 0.340. The molecule has 0 bridgehead atoms. The van der Waals surface area contributed by atoms with Crippen molar-refractivity contribution >= 4 is 12.2 Å². The summed E-state index contributed by atoms with van der Waals surface area (Å²) in [5, 5.41) is 0. The normalized spacial score (nSPS) is 9.58. The van der Waals surface area contributed by atoms with Crippen LogP contribution in [0.25, 0.3) is 0 Å². The topological polar surface area (TPSA) is 9.23 Å². The standard InChI is InChI=1S/C10H15BO/c1-4-12-10-7-5-9(6-8-10)11(2)3/h5-8H,4H2,1-3H3. The van der Waals surface area contributed by atoms with Crippen LogP contribution in [-0.2, 0) is 0 Å². The van der Waals surface area contributed by atoms with Crippen LogP contribution in [0.15, 0.2) is 24.3 Å². The van der Waals surface area contributed by atoms with Gasteiger partial charge in [0.25, 0.3) is 0 Å². The third kappa shape index (κ3) is 2.30. The van der Waals surface area contributed by atoms with Crippen molar-refractivity contribution in [1.29, 1.82) is 0 Å². The van der Waals surface area contributed by atoms with Gasteiger partial charge in [0.1, 0.15) is 5.75 Å². The fraction of sp³-hybridized carbons (Fsp3) is 0.400. The van der Waals surface area contributed by atoms with Crippen LogP contribution < -0.4 is 10.2 Å². The highest BCUT2D eigenvalue weighted by atomic mass is 16.5. The summed E-state index contributed by atoms with van der Waals surface area (Å²) in [7, 11) is 0. The van der Waals surface area contributed by atoms with E-state index in [1.54, 1.807) is 0 Å². The van der Waals surface area contributed by atoms with Crippen molar-refractivity contribution in [3.05, 3.63) is 24.3 Å². The van der Waals surface area contributed by atoms with Gasteiger partial charge in [0.15, 0.2) is 6.71 Å². The molecular weight excluding hydrogens is 147 g/mol. The Balaban J connectivity index is 2.71. The molecule has 0 N–H and O–H groups in total. The van der Waals surface area contributed by atoms with Gasteiger partial charge in [-0.1, -0.05) is 31.2 Å². The fourth-order valence-corrected chi connectivity index (χ4v) is 1.12. The minimum Gasteiger partial charge on any atom is -0.494 e. The highest BCUT2D eigenvalue weighted by Crippen LogP contribution is 2.07. The molecule has 0 fully saturated rings. The van der Waals surface area contributed by atoms with Crippen LogP contribution in [0.5, 0.6) is 5.75 Å². The molecule has 0 atom stereocenters. The maximum Gasteiger partial charge on any atom is 0.169 e. The maximum atomic E-state index is 5.34. The minimum atomic E-state index is 0.598. The Bertz CT molecular complexity index is 228. The van der Waals surface area contributed by atoms with Gasteiger partial charge in [0, 0.05) is 0 Å². The van der Waals surface area contributed by atoms with Gasteiger partial charge in [-0.25, -0.2) is 0 Å². The number of benzene rings is 1. The van der Waals surface area contributed by atoms with Crippen LogP contribution >= 0.6 is 0 Å². The van der Waals surface area contributed by atoms with Gasteiger partial charge in [-0.15, -0.1) is 0 Å². The second-order valence-corrected chi connectivity index (χ2v) is 3.16. The van der Waals surface area contributed by atoms with Gasteiger partial charge >= 0.3 is 0 Å². The first-order chi connectivity index (χ1) is 5.74. The third-order valence-electron chi connectivity index (χ3n) is 1.86. The predicted octanol–water partition coefficient (Wildman–Crippen LogP) is 2.05. The molecule has 0 saturated heterocycles. The van der Waals surface area contributed by atoms with Crippen molar-refractivity contribution in [2.45, 2.75) is 20.6 Å². The van der Waals surface area contributed by atoms with Crippen molar-refractivity contribution in [3.63, 3.8) is 0 Å². The summed E-state index contributed by atoms with van der Waals surface area (Å²) in [5.74, 6) is 0.960.